The number of hydrogen-bond acceptors (Lipinski definition) is 2. The Labute approximate surface area is 116 Å². The summed E-state index contributed by atoms with van der Waals surface area (Å²) in [5, 5.41) is 10.4. The molecule has 1 heterocycles. The molecule has 3 rings (SSSR count). The molecule has 1 aromatic heterocycles. The predicted octanol–water partition coefficient (Wildman–Crippen LogP) is 4.27. The van der Waals surface area contributed by atoms with Gasteiger partial charge in [-0.3, -0.25) is 5.10 Å². The normalized spacial score (nSPS) is 10.5. The first-order valence-electron chi connectivity index (χ1n) is 6.36. The Morgan fingerprint density at radius 3 is 2.40 bits per heavy atom. The monoisotopic (exact) mass is 267 g/mol. The minimum absolute atomic E-state index is 0.244. The summed E-state index contributed by atoms with van der Waals surface area (Å²) in [6.45, 7) is 2.05. The van der Waals surface area contributed by atoms with Crippen molar-refractivity contribution in [3.63, 3.8) is 0 Å². The van der Waals surface area contributed by atoms with Crippen LogP contribution in [-0.4, -0.2) is 10.2 Å². The van der Waals surface area contributed by atoms with Gasteiger partial charge in [0.15, 0.2) is 5.82 Å². The van der Waals surface area contributed by atoms with Crippen molar-refractivity contribution < 1.29 is 4.39 Å². The fraction of sp³-hybridized carbons (Fsp3) is 0.0625. The van der Waals surface area contributed by atoms with Gasteiger partial charge in [-0.15, -0.1) is 0 Å². The summed E-state index contributed by atoms with van der Waals surface area (Å²) in [5.74, 6) is 0.486. The van der Waals surface area contributed by atoms with Gasteiger partial charge in [0.25, 0.3) is 0 Å². The fourth-order valence-corrected chi connectivity index (χ4v) is 1.95. The van der Waals surface area contributed by atoms with E-state index < -0.39 is 0 Å². The van der Waals surface area contributed by atoms with Crippen LogP contribution >= 0.6 is 0 Å². The average Bonchev–Trinajstić information content (AvgIpc) is 2.91. The molecule has 100 valence electrons. The minimum Gasteiger partial charge on any atom is -0.339 e. The maximum Gasteiger partial charge on any atom is 0.152 e. The number of halogens is 1. The molecule has 0 bridgehead atoms. The second kappa shape index (κ2) is 5.17. The predicted molar refractivity (Wildman–Crippen MR) is 78.4 cm³/mol. The second-order valence-electron chi connectivity index (χ2n) is 4.66. The van der Waals surface area contributed by atoms with Crippen LogP contribution in [0.1, 0.15) is 5.56 Å². The number of nitrogens with zero attached hydrogens (tertiary/aromatic N) is 1. The van der Waals surface area contributed by atoms with Crippen LogP contribution in [-0.2, 0) is 0 Å². The average molecular weight is 267 g/mol. The van der Waals surface area contributed by atoms with E-state index in [2.05, 4.69) is 15.5 Å². The third-order valence-electron chi connectivity index (χ3n) is 3.06. The van der Waals surface area contributed by atoms with Gasteiger partial charge in [0.05, 0.1) is 5.69 Å². The number of rotatable bonds is 3. The third-order valence-corrected chi connectivity index (χ3v) is 3.06. The first-order chi connectivity index (χ1) is 9.70. The van der Waals surface area contributed by atoms with Crippen LogP contribution in [0.5, 0.6) is 0 Å². The van der Waals surface area contributed by atoms with Gasteiger partial charge in [-0.2, -0.15) is 5.10 Å². The van der Waals surface area contributed by atoms with Gasteiger partial charge in [0, 0.05) is 11.8 Å². The Bertz CT molecular complexity index is 699. The molecular weight excluding hydrogens is 253 g/mol. The highest BCUT2D eigenvalue weighted by molar-refractivity contribution is 5.65. The summed E-state index contributed by atoms with van der Waals surface area (Å²) in [5.41, 5.74) is 3.94. The van der Waals surface area contributed by atoms with Gasteiger partial charge in [0.1, 0.15) is 5.82 Å². The number of anilines is 2. The molecule has 0 aliphatic carbocycles. The molecule has 0 aliphatic heterocycles. The van der Waals surface area contributed by atoms with E-state index in [0.29, 0.717) is 0 Å². The molecule has 0 saturated carbocycles. The van der Waals surface area contributed by atoms with Crippen LogP contribution in [0.25, 0.3) is 11.3 Å². The number of benzene rings is 2. The lowest BCUT2D eigenvalue weighted by atomic mass is 10.1. The van der Waals surface area contributed by atoms with Gasteiger partial charge in [-0.05, 0) is 48.9 Å². The first-order valence-corrected chi connectivity index (χ1v) is 6.36. The summed E-state index contributed by atoms with van der Waals surface area (Å²) in [6, 6.07) is 16.3. The fourth-order valence-electron chi connectivity index (χ4n) is 1.95. The topological polar surface area (TPSA) is 40.7 Å². The van der Waals surface area contributed by atoms with Crippen molar-refractivity contribution in [3.8, 4) is 11.3 Å². The lowest BCUT2D eigenvalue weighted by Crippen LogP contribution is -1.89. The van der Waals surface area contributed by atoms with E-state index in [0.717, 1.165) is 22.8 Å². The zero-order valence-corrected chi connectivity index (χ0v) is 11.0. The highest BCUT2D eigenvalue weighted by atomic mass is 19.1. The van der Waals surface area contributed by atoms with Crippen LogP contribution in [0.3, 0.4) is 0 Å². The molecule has 3 nitrogen and oxygen atoms in total. The SMILES string of the molecule is Cc1ccc(Nc2cc(-c3ccc(F)cc3)[nH]n2)cc1. The molecule has 0 atom stereocenters. The number of H-pyrrole nitrogens is 1. The van der Waals surface area contributed by atoms with Crippen LogP contribution < -0.4 is 5.32 Å². The number of aromatic nitrogens is 2. The molecule has 0 unspecified atom stereocenters. The molecule has 0 radical (unpaired) electrons. The molecule has 0 fully saturated rings. The molecule has 0 aliphatic rings. The molecular formula is C16H14FN3. The summed E-state index contributed by atoms with van der Waals surface area (Å²) >= 11 is 0. The van der Waals surface area contributed by atoms with Crippen LogP contribution in [0, 0.1) is 12.7 Å². The van der Waals surface area contributed by atoms with Gasteiger partial charge >= 0.3 is 0 Å². The molecule has 2 N–H and O–H groups in total. The molecule has 20 heavy (non-hydrogen) atoms. The minimum atomic E-state index is -0.244. The Balaban J connectivity index is 1.80. The van der Waals surface area contributed by atoms with Gasteiger partial charge in [-0.25, -0.2) is 4.39 Å². The second-order valence-corrected chi connectivity index (χ2v) is 4.66. The van der Waals surface area contributed by atoms with E-state index >= 15 is 0 Å². The zero-order chi connectivity index (χ0) is 13.9. The van der Waals surface area contributed by atoms with Crippen molar-refractivity contribution in [2.24, 2.45) is 0 Å². The first kappa shape index (κ1) is 12.4. The molecule has 2 aromatic carbocycles. The van der Waals surface area contributed by atoms with Crippen molar-refractivity contribution in [1.29, 1.82) is 0 Å². The van der Waals surface area contributed by atoms with Gasteiger partial charge in [0.2, 0.25) is 0 Å². The number of hydrogen-bond donors (Lipinski definition) is 2. The van der Waals surface area contributed by atoms with E-state index in [1.54, 1.807) is 12.1 Å². The van der Waals surface area contributed by atoms with Crippen molar-refractivity contribution in [1.82, 2.24) is 10.2 Å². The lowest BCUT2D eigenvalue weighted by molar-refractivity contribution is 0.628. The largest absolute Gasteiger partial charge is 0.339 e. The van der Waals surface area contributed by atoms with Crippen LogP contribution in [0.2, 0.25) is 0 Å². The zero-order valence-electron chi connectivity index (χ0n) is 11.0. The number of aromatic amines is 1. The molecule has 0 spiro atoms. The highest BCUT2D eigenvalue weighted by Crippen LogP contribution is 2.22. The van der Waals surface area contributed by atoms with Crippen molar-refractivity contribution in [2.45, 2.75) is 6.92 Å². The summed E-state index contributed by atoms with van der Waals surface area (Å²) in [7, 11) is 0. The maximum atomic E-state index is 12.9. The quantitative estimate of drug-likeness (QED) is 0.744. The van der Waals surface area contributed by atoms with Crippen LogP contribution in [0.4, 0.5) is 15.9 Å². The lowest BCUT2D eigenvalue weighted by Gasteiger charge is -2.02. The van der Waals surface area contributed by atoms with E-state index in [9.17, 15) is 4.39 Å². The van der Waals surface area contributed by atoms with E-state index in [1.807, 2.05) is 37.3 Å². The maximum absolute atomic E-state index is 12.9. The van der Waals surface area contributed by atoms with Crippen molar-refractivity contribution >= 4 is 11.5 Å². The van der Waals surface area contributed by atoms with E-state index in [1.165, 1.54) is 17.7 Å². The summed E-state index contributed by atoms with van der Waals surface area (Å²) < 4.78 is 12.9. The van der Waals surface area contributed by atoms with Crippen LogP contribution in [0.15, 0.2) is 54.6 Å². The summed E-state index contributed by atoms with van der Waals surface area (Å²) in [4.78, 5) is 0. The van der Waals surface area contributed by atoms with Gasteiger partial charge in [-0.1, -0.05) is 17.7 Å². The Hall–Kier alpha value is -2.62. The number of nitrogens with one attached hydrogen (secondary N) is 2. The Morgan fingerprint density at radius 2 is 1.70 bits per heavy atom. The van der Waals surface area contributed by atoms with E-state index in [-0.39, 0.29) is 5.82 Å². The Morgan fingerprint density at radius 1 is 1.00 bits per heavy atom. The van der Waals surface area contributed by atoms with E-state index in [4.69, 9.17) is 0 Å². The standard InChI is InChI=1S/C16H14FN3/c1-11-2-8-14(9-3-11)18-16-10-15(19-20-16)12-4-6-13(17)7-5-12/h2-10H,1H3,(H2,18,19,20). The highest BCUT2D eigenvalue weighted by Gasteiger charge is 2.04. The molecule has 0 amide bonds. The number of aryl methyl sites for hydroxylation is 1. The summed E-state index contributed by atoms with van der Waals surface area (Å²) in [6.07, 6.45) is 0. The third kappa shape index (κ3) is 2.69. The van der Waals surface area contributed by atoms with Gasteiger partial charge < -0.3 is 5.32 Å². The molecule has 3 aromatic rings. The molecule has 0 saturated heterocycles. The molecule has 4 heteroatoms. The van der Waals surface area contributed by atoms with Crippen molar-refractivity contribution in [3.05, 3.63) is 66.0 Å². The Kier molecular flexibility index (Phi) is 3.21. The smallest absolute Gasteiger partial charge is 0.152 e. The van der Waals surface area contributed by atoms with Crippen molar-refractivity contribution in [2.75, 3.05) is 5.32 Å².